The van der Waals surface area contributed by atoms with Crippen LogP contribution >= 0.6 is 0 Å². The van der Waals surface area contributed by atoms with Crippen molar-refractivity contribution in [2.24, 2.45) is 0 Å². The molecule has 0 saturated carbocycles. The Bertz CT molecular complexity index is 586. The molecule has 2 rings (SSSR count). The van der Waals surface area contributed by atoms with E-state index in [9.17, 15) is 26.7 Å². The maximum atomic E-state index is 12.5. The zero-order valence-corrected chi connectivity index (χ0v) is 11.2. The summed E-state index contributed by atoms with van der Waals surface area (Å²) in [7, 11) is -3.27. The maximum absolute atomic E-state index is 12.5. The summed E-state index contributed by atoms with van der Waals surface area (Å²) in [5.74, 6) is -0.514. The molecular formula is C12H14F3NO3S. The summed E-state index contributed by atoms with van der Waals surface area (Å²) in [5.41, 5.74) is -0.368. The van der Waals surface area contributed by atoms with Crippen molar-refractivity contribution < 1.29 is 26.7 Å². The fraction of sp³-hybridized carbons (Fsp3) is 0.500. The molecule has 1 fully saturated rings. The highest BCUT2D eigenvalue weighted by molar-refractivity contribution is 7.91. The number of aliphatic hydroxyl groups is 1. The van der Waals surface area contributed by atoms with Crippen LogP contribution < -0.4 is 5.32 Å². The van der Waals surface area contributed by atoms with Crippen LogP contribution in [0.1, 0.15) is 11.1 Å². The molecule has 1 aromatic carbocycles. The minimum Gasteiger partial charge on any atom is -0.390 e. The Balaban J connectivity index is 2.02. The Kier molecular flexibility index (Phi) is 4.08. The predicted molar refractivity (Wildman–Crippen MR) is 66.7 cm³/mol. The molecule has 2 N–H and O–H groups in total. The number of halogens is 3. The third kappa shape index (κ3) is 3.71. The number of aliphatic hydroxyl groups excluding tert-OH is 1. The molecule has 2 unspecified atom stereocenters. The van der Waals surface area contributed by atoms with Gasteiger partial charge in [-0.2, -0.15) is 13.2 Å². The van der Waals surface area contributed by atoms with E-state index in [4.69, 9.17) is 0 Å². The molecule has 4 nitrogen and oxygen atoms in total. The lowest BCUT2D eigenvalue weighted by Gasteiger charge is -2.15. The van der Waals surface area contributed by atoms with Gasteiger partial charge < -0.3 is 10.4 Å². The van der Waals surface area contributed by atoms with Gasteiger partial charge in [-0.1, -0.05) is 18.2 Å². The van der Waals surface area contributed by atoms with Gasteiger partial charge >= 0.3 is 6.18 Å². The van der Waals surface area contributed by atoms with E-state index in [1.165, 1.54) is 12.1 Å². The average Bonchev–Trinajstić information content (AvgIpc) is 2.59. The number of rotatable bonds is 3. The van der Waals surface area contributed by atoms with Gasteiger partial charge in [0.05, 0.1) is 23.2 Å². The smallest absolute Gasteiger partial charge is 0.390 e. The van der Waals surface area contributed by atoms with Crippen molar-refractivity contribution >= 4 is 9.84 Å². The first-order valence-electron chi connectivity index (χ1n) is 5.95. The van der Waals surface area contributed by atoms with Crippen LogP contribution in [-0.4, -0.2) is 37.2 Å². The molecule has 8 heteroatoms. The van der Waals surface area contributed by atoms with Crippen LogP contribution in [0, 0.1) is 0 Å². The minimum absolute atomic E-state index is 0.0706. The molecule has 0 spiro atoms. The van der Waals surface area contributed by atoms with Gasteiger partial charge in [-0.3, -0.25) is 0 Å². The number of alkyl halides is 3. The quantitative estimate of drug-likeness (QED) is 0.872. The molecule has 2 atom stereocenters. The van der Waals surface area contributed by atoms with Gasteiger partial charge in [-0.05, 0) is 11.6 Å². The topological polar surface area (TPSA) is 66.4 Å². The van der Waals surface area contributed by atoms with Gasteiger partial charge in [-0.25, -0.2) is 8.42 Å². The Morgan fingerprint density at radius 3 is 2.55 bits per heavy atom. The van der Waals surface area contributed by atoms with Gasteiger partial charge in [0.2, 0.25) is 0 Å². The van der Waals surface area contributed by atoms with E-state index in [0.717, 1.165) is 12.1 Å². The van der Waals surface area contributed by atoms with Crippen molar-refractivity contribution in [3.8, 4) is 0 Å². The van der Waals surface area contributed by atoms with Crippen LogP contribution in [0.5, 0.6) is 0 Å². The first kappa shape index (κ1) is 15.3. The van der Waals surface area contributed by atoms with E-state index in [0.29, 0.717) is 5.56 Å². The highest BCUT2D eigenvalue weighted by Crippen LogP contribution is 2.29. The van der Waals surface area contributed by atoms with Gasteiger partial charge in [0.1, 0.15) is 0 Å². The summed E-state index contributed by atoms with van der Waals surface area (Å²) in [6, 6.07) is 4.13. The first-order chi connectivity index (χ1) is 9.17. The van der Waals surface area contributed by atoms with Crippen molar-refractivity contribution in [2.75, 3.05) is 11.5 Å². The van der Waals surface area contributed by atoms with Crippen LogP contribution in [0.2, 0.25) is 0 Å². The summed E-state index contributed by atoms with van der Waals surface area (Å²) in [6.45, 7) is 0.0706. The molecule has 0 aromatic heterocycles. The maximum Gasteiger partial charge on any atom is 0.416 e. The summed E-state index contributed by atoms with van der Waals surface area (Å²) in [5, 5.41) is 12.4. The van der Waals surface area contributed by atoms with Crippen LogP contribution in [0.4, 0.5) is 13.2 Å². The molecular weight excluding hydrogens is 295 g/mol. The summed E-state index contributed by atoms with van der Waals surface area (Å²) < 4.78 is 60.2. The lowest BCUT2D eigenvalue weighted by molar-refractivity contribution is -0.137. The van der Waals surface area contributed by atoms with Gasteiger partial charge in [0.25, 0.3) is 0 Å². The normalized spacial score (nSPS) is 25.8. The highest BCUT2D eigenvalue weighted by atomic mass is 32.2. The lowest BCUT2D eigenvalue weighted by Crippen LogP contribution is -2.38. The third-order valence-electron chi connectivity index (χ3n) is 3.15. The highest BCUT2D eigenvalue weighted by Gasteiger charge is 2.36. The fourth-order valence-corrected chi connectivity index (χ4v) is 3.91. The van der Waals surface area contributed by atoms with Gasteiger partial charge in [-0.15, -0.1) is 0 Å². The van der Waals surface area contributed by atoms with Gasteiger partial charge in [0, 0.05) is 12.6 Å². The third-order valence-corrected chi connectivity index (χ3v) is 4.86. The Morgan fingerprint density at radius 2 is 2.00 bits per heavy atom. The summed E-state index contributed by atoms with van der Waals surface area (Å²) in [4.78, 5) is 0. The van der Waals surface area contributed by atoms with Crippen molar-refractivity contribution in [2.45, 2.75) is 24.9 Å². The molecule has 0 bridgehead atoms. The van der Waals surface area contributed by atoms with E-state index in [-0.39, 0.29) is 18.1 Å². The number of hydrogen-bond donors (Lipinski definition) is 2. The molecule has 20 heavy (non-hydrogen) atoms. The number of hydrogen-bond acceptors (Lipinski definition) is 4. The fourth-order valence-electron chi connectivity index (χ4n) is 2.13. The van der Waals surface area contributed by atoms with Crippen LogP contribution in [0.3, 0.4) is 0 Å². The van der Waals surface area contributed by atoms with E-state index < -0.39 is 33.7 Å². The van der Waals surface area contributed by atoms with E-state index in [1.807, 2.05) is 0 Å². The Hall–Kier alpha value is -1.12. The molecule has 1 aromatic rings. The molecule has 1 aliphatic heterocycles. The van der Waals surface area contributed by atoms with E-state index >= 15 is 0 Å². The number of benzene rings is 1. The lowest BCUT2D eigenvalue weighted by atomic mass is 10.1. The molecule has 1 heterocycles. The number of sulfone groups is 1. The molecule has 1 saturated heterocycles. The second-order valence-electron chi connectivity index (χ2n) is 4.83. The van der Waals surface area contributed by atoms with E-state index in [1.54, 1.807) is 0 Å². The van der Waals surface area contributed by atoms with Crippen molar-refractivity contribution in [1.82, 2.24) is 5.32 Å². The van der Waals surface area contributed by atoms with Crippen molar-refractivity contribution in [1.29, 1.82) is 0 Å². The first-order valence-corrected chi connectivity index (χ1v) is 7.77. The summed E-state index contributed by atoms with van der Waals surface area (Å²) >= 11 is 0. The largest absolute Gasteiger partial charge is 0.416 e. The van der Waals surface area contributed by atoms with Crippen molar-refractivity contribution in [3.05, 3.63) is 35.4 Å². The summed E-state index contributed by atoms with van der Waals surface area (Å²) in [6.07, 6.45) is -5.43. The Morgan fingerprint density at radius 1 is 1.30 bits per heavy atom. The van der Waals surface area contributed by atoms with Gasteiger partial charge in [0.15, 0.2) is 9.84 Å². The molecule has 112 valence electrons. The van der Waals surface area contributed by atoms with E-state index in [2.05, 4.69) is 5.32 Å². The minimum atomic E-state index is -4.41. The monoisotopic (exact) mass is 309 g/mol. The second-order valence-corrected chi connectivity index (χ2v) is 6.98. The zero-order chi connectivity index (χ0) is 15.0. The Labute approximate surface area is 114 Å². The van der Waals surface area contributed by atoms with Crippen LogP contribution in [0.25, 0.3) is 0 Å². The van der Waals surface area contributed by atoms with Crippen molar-refractivity contribution in [3.63, 3.8) is 0 Å². The standard InChI is InChI=1S/C12H14F3NO3S/c13-12(14,15)9-3-1-2-8(4-9)5-16-10-6-20(18,19)7-11(10)17/h1-4,10-11,16-17H,5-7H2. The molecule has 0 aliphatic carbocycles. The molecule has 0 radical (unpaired) electrons. The predicted octanol–water partition coefficient (Wildman–Crippen LogP) is 0.953. The zero-order valence-electron chi connectivity index (χ0n) is 10.4. The molecule has 1 aliphatic rings. The van der Waals surface area contributed by atoms with Crippen LogP contribution in [-0.2, 0) is 22.6 Å². The average molecular weight is 309 g/mol. The molecule has 0 amide bonds. The number of nitrogens with one attached hydrogen (secondary N) is 1. The SMILES string of the molecule is O=S1(=O)CC(O)C(NCc2cccc(C(F)(F)F)c2)C1. The second kappa shape index (κ2) is 5.34. The van der Waals surface area contributed by atoms with Crippen LogP contribution in [0.15, 0.2) is 24.3 Å².